The van der Waals surface area contributed by atoms with E-state index in [4.69, 9.17) is 0 Å². The highest BCUT2D eigenvalue weighted by atomic mass is 15.0. The summed E-state index contributed by atoms with van der Waals surface area (Å²) in [7, 11) is 1.89. The Kier molecular flexibility index (Phi) is 4.15. The minimum Gasteiger partial charge on any atom is -0.373 e. The Hall–Kier alpha value is -1.90. The topological polar surface area (TPSA) is 37.8 Å². The van der Waals surface area contributed by atoms with Crippen molar-refractivity contribution in [3.8, 4) is 11.4 Å². The third-order valence-electron chi connectivity index (χ3n) is 3.16. The SMILES string of the molecule is CCCc1cc(NC)nc(-c2ccc(C)cc2C)n1. The summed E-state index contributed by atoms with van der Waals surface area (Å²) in [6.45, 7) is 6.37. The summed E-state index contributed by atoms with van der Waals surface area (Å²) in [5, 5.41) is 3.12. The number of hydrogen-bond donors (Lipinski definition) is 1. The Morgan fingerprint density at radius 3 is 2.53 bits per heavy atom. The normalized spacial score (nSPS) is 10.5. The molecule has 0 saturated heterocycles. The Morgan fingerprint density at radius 1 is 1.11 bits per heavy atom. The molecule has 0 atom stereocenters. The van der Waals surface area contributed by atoms with Crippen LogP contribution < -0.4 is 5.32 Å². The van der Waals surface area contributed by atoms with Crippen LogP contribution >= 0.6 is 0 Å². The van der Waals surface area contributed by atoms with Gasteiger partial charge in [-0.15, -0.1) is 0 Å². The van der Waals surface area contributed by atoms with Crippen LogP contribution in [0.2, 0.25) is 0 Å². The van der Waals surface area contributed by atoms with Crippen LogP contribution in [0.1, 0.15) is 30.2 Å². The highest BCUT2D eigenvalue weighted by Crippen LogP contribution is 2.23. The summed E-state index contributed by atoms with van der Waals surface area (Å²) in [5.41, 5.74) is 4.69. The Labute approximate surface area is 115 Å². The van der Waals surface area contributed by atoms with Crippen molar-refractivity contribution in [2.45, 2.75) is 33.6 Å². The number of rotatable bonds is 4. The van der Waals surface area contributed by atoms with E-state index in [0.717, 1.165) is 35.7 Å². The molecule has 0 unspecified atom stereocenters. The average molecular weight is 255 g/mol. The van der Waals surface area contributed by atoms with Gasteiger partial charge in [-0.2, -0.15) is 0 Å². The van der Waals surface area contributed by atoms with Crippen LogP contribution in [-0.4, -0.2) is 17.0 Å². The van der Waals surface area contributed by atoms with Gasteiger partial charge in [0.2, 0.25) is 0 Å². The monoisotopic (exact) mass is 255 g/mol. The summed E-state index contributed by atoms with van der Waals surface area (Å²) in [6.07, 6.45) is 2.07. The number of aryl methyl sites for hydroxylation is 3. The lowest BCUT2D eigenvalue weighted by atomic mass is 10.0. The summed E-state index contributed by atoms with van der Waals surface area (Å²) in [4.78, 5) is 9.25. The molecule has 1 N–H and O–H groups in total. The van der Waals surface area contributed by atoms with Crippen molar-refractivity contribution >= 4 is 5.82 Å². The first-order valence-corrected chi connectivity index (χ1v) is 6.77. The first-order chi connectivity index (χ1) is 9.13. The molecule has 3 nitrogen and oxygen atoms in total. The number of anilines is 1. The van der Waals surface area contributed by atoms with Gasteiger partial charge in [-0.3, -0.25) is 0 Å². The second kappa shape index (κ2) is 5.83. The zero-order chi connectivity index (χ0) is 13.8. The molecule has 0 bridgehead atoms. The van der Waals surface area contributed by atoms with Gasteiger partial charge in [0, 0.05) is 24.4 Å². The number of aromatic nitrogens is 2. The molecule has 0 spiro atoms. The van der Waals surface area contributed by atoms with Crippen LogP contribution in [0, 0.1) is 13.8 Å². The second-order valence-corrected chi connectivity index (χ2v) is 4.89. The maximum atomic E-state index is 4.68. The van der Waals surface area contributed by atoms with Gasteiger partial charge in [-0.25, -0.2) is 9.97 Å². The fourth-order valence-electron chi connectivity index (χ4n) is 2.19. The fourth-order valence-corrected chi connectivity index (χ4v) is 2.19. The van der Waals surface area contributed by atoms with Crippen molar-refractivity contribution in [2.75, 3.05) is 12.4 Å². The first kappa shape index (κ1) is 13.5. The van der Waals surface area contributed by atoms with Crippen molar-refractivity contribution < 1.29 is 0 Å². The molecule has 0 amide bonds. The first-order valence-electron chi connectivity index (χ1n) is 6.77. The molecule has 1 aromatic heterocycles. The highest BCUT2D eigenvalue weighted by molar-refractivity contribution is 5.62. The summed E-state index contributed by atoms with van der Waals surface area (Å²) < 4.78 is 0. The van der Waals surface area contributed by atoms with Gasteiger partial charge in [0.05, 0.1) is 0 Å². The molecule has 3 heteroatoms. The minimum atomic E-state index is 0.813. The summed E-state index contributed by atoms with van der Waals surface area (Å²) >= 11 is 0. The van der Waals surface area contributed by atoms with E-state index in [1.807, 2.05) is 13.1 Å². The van der Waals surface area contributed by atoms with E-state index in [1.165, 1.54) is 11.1 Å². The molecule has 0 aliphatic rings. The van der Waals surface area contributed by atoms with Gasteiger partial charge >= 0.3 is 0 Å². The highest BCUT2D eigenvalue weighted by Gasteiger charge is 2.08. The predicted molar refractivity (Wildman–Crippen MR) is 80.5 cm³/mol. The number of benzene rings is 1. The van der Waals surface area contributed by atoms with Crippen LogP contribution in [0.4, 0.5) is 5.82 Å². The van der Waals surface area contributed by atoms with Crippen molar-refractivity contribution in [2.24, 2.45) is 0 Å². The van der Waals surface area contributed by atoms with E-state index in [2.05, 4.69) is 54.3 Å². The molecule has 0 radical (unpaired) electrons. The van der Waals surface area contributed by atoms with Gasteiger partial charge < -0.3 is 5.32 Å². The van der Waals surface area contributed by atoms with E-state index < -0.39 is 0 Å². The molecule has 1 aromatic carbocycles. The third kappa shape index (κ3) is 3.11. The van der Waals surface area contributed by atoms with Crippen molar-refractivity contribution in [3.63, 3.8) is 0 Å². The fraction of sp³-hybridized carbons (Fsp3) is 0.375. The lowest BCUT2D eigenvalue weighted by molar-refractivity contribution is 0.875. The van der Waals surface area contributed by atoms with E-state index >= 15 is 0 Å². The maximum Gasteiger partial charge on any atom is 0.162 e. The number of nitrogens with zero attached hydrogens (tertiary/aromatic N) is 2. The molecule has 0 aliphatic carbocycles. The van der Waals surface area contributed by atoms with Crippen LogP contribution in [0.5, 0.6) is 0 Å². The molecule has 0 aliphatic heterocycles. The molecule has 2 rings (SSSR count). The smallest absolute Gasteiger partial charge is 0.162 e. The molecular weight excluding hydrogens is 234 g/mol. The van der Waals surface area contributed by atoms with Crippen molar-refractivity contribution in [3.05, 3.63) is 41.1 Å². The Bertz CT molecular complexity index is 576. The van der Waals surface area contributed by atoms with E-state index in [-0.39, 0.29) is 0 Å². The lowest BCUT2D eigenvalue weighted by Crippen LogP contribution is -2.01. The van der Waals surface area contributed by atoms with E-state index in [1.54, 1.807) is 0 Å². The molecule has 0 saturated carbocycles. The Morgan fingerprint density at radius 2 is 1.89 bits per heavy atom. The van der Waals surface area contributed by atoms with E-state index in [9.17, 15) is 0 Å². The molecule has 2 aromatic rings. The van der Waals surface area contributed by atoms with E-state index in [0.29, 0.717) is 0 Å². The molecular formula is C16H21N3. The van der Waals surface area contributed by atoms with Gasteiger partial charge in [0.1, 0.15) is 5.82 Å². The predicted octanol–water partition coefficient (Wildman–Crippen LogP) is 3.75. The summed E-state index contributed by atoms with van der Waals surface area (Å²) in [5.74, 6) is 1.70. The maximum absolute atomic E-state index is 4.68. The number of nitrogens with one attached hydrogen (secondary N) is 1. The van der Waals surface area contributed by atoms with Crippen LogP contribution in [-0.2, 0) is 6.42 Å². The minimum absolute atomic E-state index is 0.813. The van der Waals surface area contributed by atoms with Crippen molar-refractivity contribution in [1.29, 1.82) is 0 Å². The van der Waals surface area contributed by atoms with Gasteiger partial charge in [-0.1, -0.05) is 37.1 Å². The van der Waals surface area contributed by atoms with Crippen molar-refractivity contribution in [1.82, 2.24) is 9.97 Å². The van der Waals surface area contributed by atoms with Gasteiger partial charge in [0.15, 0.2) is 5.82 Å². The van der Waals surface area contributed by atoms with Gasteiger partial charge in [-0.05, 0) is 25.8 Å². The average Bonchev–Trinajstić information content (AvgIpc) is 2.38. The molecule has 19 heavy (non-hydrogen) atoms. The van der Waals surface area contributed by atoms with Crippen LogP contribution in [0.3, 0.4) is 0 Å². The molecule has 1 heterocycles. The summed E-state index contributed by atoms with van der Waals surface area (Å²) in [6, 6.07) is 8.41. The number of hydrogen-bond acceptors (Lipinski definition) is 3. The van der Waals surface area contributed by atoms with Gasteiger partial charge in [0.25, 0.3) is 0 Å². The molecule has 0 fully saturated rings. The van der Waals surface area contributed by atoms with Crippen LogP contribution in [0.15, 0.2) is 24.3 Å². The largest absolute Gasteiger partial charge is 0.373 e. The zero-order valence-corrected chi connectivity index (χ0v) is 12.1. The zero-order valence-electron chi connectivity index (χ0n) is 12.1. The van der Waals surface area contributed by atoms with Crippen LogP contribution in [0.25, 0.3) is 11.4 Å². The third-order valence-corrected chi connectivity index (χ3v) is 3.16. The standard InChI is InChI=1S/C16H21N3/c1-5-6-13-10-15(17-4)19-16(18-13)14-8-7-11(2)9-12(14)3/h7-10H,5-6H2,1-4H3,(H,17,18,19). The lowest BCUT2D eigenvalue weighted by Gasteiger charge is -2.10. The molecule has 100 valence electrons. The Balaban J connectivity index is 2.51. The quantitative estimate of drug-likeness (QED) is 0.904. The second-order valence-electron chi connectivity index (χ2n) is 4.89.